The second kappa shape index (κ2) is 5.15. The average molecular weight is 245 g/mol. The molecule has 2 aromatic rings. The minimum Gasteiger partial charge on any atom is -0.321 e. The molecule has 0 aliphatic rings. The number of amides is 1. The highest BCUT2D eigenvalue weighted by Gasteiger charge is 2.10. The van der Waals surface area contributed by atoms with E-state index in [-0.39, 0.29) is 5.91 Å². The van der Waals surface area contributed by atoms with E-state index in [0.717, 1.165) is 22.5 Å². The Morgan fingerprint density at radius 1 is 1.29 bits per heavy atom. The van der Waals surface area contributed by atoms with Crippen LogP contribution in [0.25, 0.3) is 0 Å². The normalized spacial score (nSPS) is 10.2. The van der Waals surface area contributed by atoms with Crippen LogP contribution in [0.5, 0.6) is 0 Å². The zero-order chi connectivity index (χ0) is 12.3. The number of anilines is 1. The molecule has 1 amide bonds. The van der Waals surface area contributed by atoms with Gasteiger partial charge in [-0.3, -0.25) is 4.79 Å². The van der Waals surface area contributed by atoms with E-state index in [0.29, 0.717) is 0 Å². The molecule has 1 aromatic heterocycles. The molecule has 1 heterocycles. The molecule has 0 spiro atoms. The van der Waals surface area contributed by atoms with Gasteiger partial charge < -0.3 is 5.32 Å². The van der Waals surface area contributed by atoms with E-state index in [9.17, 15) is 4.79 Å². The molecule has 1 N–H and O–H groups in total. The van der Waals surface area contributed by atoms with Gasteiger partial charge in [-0.1, -0.05) is 31.2 Å². The molecule has 2 nitrogen and oxygen atoms in total. The van der Waals surface area contributed by atoms with Gasteiger partial charge in [0.25, 0.3) is 5.91 Å². The van der Waals surface area contributed by atoms with Crippen LogP contribution in [-0.4, -0.2) is 5.91 Å². The molecule has 1 aromatic carbocycles. The number of rotatable bonds is 3. The lowest BCUT2D eigenvalue weighted by Crippen LogP contribution is -2.12. The molecule has 0 aliphatic carbocycles. The molecule has 0 aliphatic heterocycles. The quantitative estimate of drug-likeness (QED) is 0.873. The van der Waals surface area contributed by atoms with Crippen LogP contribution in [0.3, 0.4) is 0 Å². The topological polar surface area (TPSA) is 29.1 Å². The van der Waals surface area contributed by atoms with Gasteiger partial charge in [0.1, 0.15) is 0 Å². The van der Waals surface area contributed by atoms with Gasteiger partial charge in [-0.2, -0.15) is 0 Å². The van der Waals surface area contributed by atoms with Crippen molar-refractivity contribution in [2.75, 3.05) is 5.32 Å². The standard InChI is InChI=1S/C14H15NOS/c1-3-11-7-4-6-10(2)13(11)15-14(16)12-8-5-9-17-12/h4-9H,3H2,1-2H3,(H,15,16). The third kappa shape index (κ3) is 2.56. The van der Waals surface area contributed by atoms with Crippen molar-refractivity contribution >= 4 is 22.9 Å². The molecule has 0 atom stereocenters. The highest BCUT2D eigenvalue weighted by atomic mass is 32.1. The summed E-state index contributed by atoms with van der Waals surface area (Å²) in [5.74, 6) is -0.0241. The van der Waals surface area contributed by atoms with Gasteiger partial charge in [0, 0.05) is 5.69 Å². The lowest BCUT2D eigenvalue weighted by atomic mass is 10.1. The van der Waals surface area contributed by atoms with Crippen molar-refractivity contribution in [1.29, 1.82) is 0 Å². The summed E-state index contributed by atoms with van der Waals surface area (Å²) < 4.78 is 0. The molecule has 0 unspecified atom stereocenters. The number of nitrogens with one attached hydrogen (secondary N) is 1. The van der Waals surface area contributed by atoms with E-state index in [1.54, 1.807) is 0 Å². The van der Waals surface area contributed by atoms with Gasteiger partial charge in [0.2, 0.25) is 0 Å². The maximum Gasteiger partial charge on any atom is 0.265 e. The number of thiophene rings is 1. The van der Waals surface area contributed by atoms with E-state index in [1.165, 1.54) is 16.9 Å². The molecule has 17 heavy (non-hydrogen) atoms. The SMILES string of the molecule is CCc1cccc(C)c1NC(=O)c1cccs1. The lowest BCUT2D eigenvalue weighted by Gasteiger charge is -2.12. The van der Waals surface area contributed by atoms with E-state index < -0.39 is 0 Å². The van der Waals surface area contributed by atoms with Crippen LogP contribution >= 0.6 is 11.3 Å². The van der Waals surface area contributed by atoms with Crippen LogP contribution in [0.2, 0.25) is 0 Å². The Balaban J connectivity index is 2.27. The van der Waals surface area contributed by atoms with E-state index in [4.69, 9.17) is 0 Å². The second-order valence-corrected chi connectivity index (χ2v) is 4.84. The summed E-state index contributed by atoms with van der Waals surface area (Å²) in [7, 11) is 0. The molecule has 2 rings (SSSR count). The van der Waals surface area contributed by atoms with Gasteiger partial charge in [-0.05, 0) is 35.9 Å². The van der Waals surface area contributed by atoms with Crippen molar-refractivity contribution in [3.63, 3.8) is 0 Å². The minimum absolute atomic E-state index is 0.0241. The predicted molar refractivity (Wildman–Crippen MR) is 72.8 cm³/mol. The molecular weight excluding hydrogens is 230 g/mol. The highest BCUT2D eigenvalue weighted by Crippen LogP contribution is 2.22. The van der Waals surface area contributed by atoms with Gasteiger partial charge in [-0.15, -0.1) is 11.3 Å². The first-order valence-electron chi connectivity index (χ1n) is 5.65. The highest BCUT2D eigenvalue weighted by molar-refractivity contribution is 7.12. The van der Waals surface area contributed by atoms with Crippen molar-refractivity contribution in [3.05, 3.63) is 51.7 Å². The van der Waals surface area contributed by atoms with Crippen molar-refractivity contribution in [2.24, 2.45) is 0 Å². The molecule has 0 saturated carbocycles. The Labute approximate surface area is 105 Å². The largest absolute Gasteiger partial charge is 0.321 e. The molecule has 3 heteroatoms. The van der Waals surface area contributed by atoms with Crippen molar-refractivity contribution in [1.82, 2.24) is 0 Å². The van der Waals surface area contributed by atoms with Crippen LogP contribution < -0.4 is 5.32 Å². The Morgan fingerprint density at radius 2 is 2.12 bits per heavy atom. The predicted octanol–water partition coefficient (Wildman–Crippen LogP) is 3.87. The molecule has 0 saturated heterocycles. The van der Waals surface area contributed by atoms with Gasteiger partial charge in [-0.25, -0.2) is 0 Å². The summed E-state index contributed by atoms with van der Waals surface area (Å²) in [6.45, 7) is 4.11. The smallest absolute Gasteiger partial charge is 0.265 e. The van der Waals surface area contributed by atoms with Gasteiger partial charge >= 0.3 is 0 Å². The molecule has 0 radical (unpaired) electrons. The Hall–Kier alpha value is -1.61. The van der Waals surface area contributed by atoms with Crippen LogP contribution in [0.15, 0.2) is 35.7 Å². The number of carbonyl (C=O) groups excluding carboxylic acids is 1. The fraction of sp³-hybridized carbons (Fsp3) is 0.214. The molecule has 88 valence electrons. The Bertz CT molecular complexity index is 517. The maximum atomic E-state index is 12.0. The number of hydrogen-bond acceptors (Lipinski definition) is 2. The Morgan fingerprint density at radius 3 is 2.76 bits per heavy atom. The van der Waals surface area contributed by atoms with Crippen molar-refractivity contribution in [2.45, 2.75) is 20.3 Å². The number of aryl methyl sites for hydroxylation is 2. The first-order chi connectivity index (χ1) is 8.22. The first-order valence-corrected chi connectivity index (χ1v) is 6.53. The zero-order valence-electron chi connectivity index (χ0n) is 9.99. The minimum atomic E-state index is -0.0241. The van der Waals surface area contributed by atoms with Crippen LogP contribution in [0.4, 0.5) is 5.69 Å². The number of para-hydroxylation sites is 1. The van der Waals surface area contributed by atoms with Crippen molar-refractivity contribution < 1.29 is 4.79 Å². The van der Waals surface area contributed by atoms with E-state index in [2.05, 4.69) is 18.3 Å². The Kier molecular flexibility index (Phi) is 3.59. The summed E-state index contributed by atoms with van der Waals surface area (Å²) in [4.78, 5) is 12.7. The summed E-state index contributed by atoms with van der Waals surface area (Å²) in [5, 5.41) is 4.91. The summed E-state index contributed by atoms with van der Waals surface area (Å²) in [6, 6.07) is 9.82. The summed E-state index contributed by atoms with van der Waals surface area (Å²) in [6.07, 6.45) is 0.918. The van der Waals surface area contributed by atoms with E-state index in [1.807, 2.05) is 36.6 Å². The summed E-state index contributed by atoms with van der Waals surface area (Å²) in [5.41, 5.74) is 3.23. The number of benzene rings is 1. The molecule has 0 fully saturated rings. The first kappa shape index (κ1) is 11.9. The average Bonchev–Trinajstić information content (AvgIpc) is 2.85. The monoisotopic (exact) mass is 245 g/mol. The van der Waals surface area contributed by atoms with E-state index >= 15 is 0 Å². The summed E-state index contributed by atoms with van der Waals surface area (Å²) >= 11 is 1.46. The van der Waals surface area contributed by atoms with Gasteiger partial charge in [0.15, 0.2) is 0 Å². The van der Waals surface area contributed by atoms with Crippen LogP contribution in [0.1, 0.15) is 27.7 Å². The molecular formula is C14H15NOS. The fourth-order valence-corrected chi connectivity index (χ4v) is 2.40. The maximum absolute atomic E-state index is 12.0. The zero-order valence-corrected chi connectivity index (χ0v) is 10.8. The second-order valence-electron chi connectivity index (χ2n) is 3.89. The number of carbonyl (C=O) groups is 1. The fourth-order valence-electron chi connectivity index (χ4n) is 1.78. The van der Waals surface area contributed by atoms with Gasteiger partial charge in [0.05, 0.1) is 4.88 Å². The van der Waals surface area contributed by atoms with Crippen LogP contribution in [0, 0.1) is 6.92 Å². The third-order valence-electron chi connectivity index (χ3n) is 2.72. The number of hydrogen-bond donors (Lipinski definition) is 1. The lowest BCUT2D eigenvalue weighted by molar-refractivity contribution is 0.103. The van der Waals surface area contributed by atoms with Crippen LogP contribution in [-0.2, 0) is 6.42 Å². The third-order valence-corrected chi connectivity index (χ3v) is 3.59. The molecule has 0 bridgehead atoms. The van der Waals surface area contributed by atoms with Crippen molar-refractivity contribution in [3.8, 4) is 0 Å².